The number of carbonyl (C=O) groups is 3. The quantitative estimate of drug-likeness (QED) is 0.513. The number of carbonyl (C=O) groups excluding carboxylic acids is 2. The molecule has 0 aliphatic rings. The van der Waals surface area contributed by atoms with Crippen LogP contribution in [0.3, 0.4) is 0 Å². The van der Waals surface area contributed by atoms with E-state index in [1.807, 2.05) is 0 Å². The zero-order chi connectivity index (χ0) is 15.1. The van der Waals surface area contributed by atoms with E-state index in [2.05, 4.69) is 21.9 Å². The Morgan fingerprint density at radius 1 is 1.32 bits per heavy atom. The summed E-state index contributed by atoms with van der Waals surface area (Å²) in [4.78, 5) is 33.5. The van der Waals surface area contributed by atoms with E-state index in [9.17, 15) is 14.4 Å². The molecule has 0 bridgehead atoms. The Kier molecular flexibility index (Phi) is 6.41. The molecule has 0 radical (unpaired) electrons. The number of urea groups is 1. The minimum atomic E-state index is -1.23. The Hall–Kier alpha value is -2.23. The molecule has 0 rings (SSSR count). The molecule has 0 aromatic rings. The highest BCUT2D eigenvalue weighted by atomic mass is 16.4. The van der Waals surface area contributed by atoms with Gasteiger partial charge in [0.05, 0.1) is 6.54 Å². The number of aliphatic carboxylic acids is 1. The third kappa shape index (κ3) is 8.49. The van der Waals surface area contributed by atoms with Gasteiger partial charge >= 0.3 is 12.0 Å². The number of hydrogen-bond acceptors (Lipinski definition) is 3. The van der Waals surface area contributed by atoms with Crippen molar-refractivity contribution >= 4 is 17.9 Å². The Balaban J connectivity index is 4.15. The van der Waals surface area contributed by atoms with E-state index in [0.717, 1.165) is 0 Å². The second kappa shape index (κ2) is 7.26. The fraction of sp³-hybridized carbons (Fsp3) is 0.583. The third-order valence-electron chi connectivity index (χ3n) is 1.85. The van der Waals surface area contributed by atoms with Crippen LogP contribution in [0.2, 0.25) is 0 Å². The van der Waals surface area contributed by atoms with Gasteiger partial charge in [-0.25, -0.2) is 9.59 Å². The zero-order valence-corrected chi connectivity index (χ0v) is 11.2. The molecule has 0 spiro atoms. The first kappa shape index (κ1) is 16.8. The van der Waals surface area contributed by atoms with Gasteiger partial charge in [0.25, 0.3) is 0 Å². The van der Waals surface area contributed by atoms with Gasteiger partial charge in [-0.1, -0.05) is 0 Å². The lowest BCUT2D eigenvalue weighted by Gasteiger charge is -2.20. The van der Waals surface area contributed by atoms with Crippen molar-refractivity contribution in [1.82, 2.24) is 16.0 Å². The molecule has 19 heavy (non-hydrogen) atoms. The molecule has 0 saturated heterocycles. The van der Waals surface area contributed by atoms with Crippen LogP contribution >= 0.6 is 0 Å². The summed E-state index contributed by atoms with van der Waals surface area (Å²) in [6, 6.07) is -1.93. The average Bonchev–Trinajstić information content (AvgIpc) is 2.23. The lowest BCUT2D eigenvalue weighted by Crippen LogP contribution is -2.50. The molecule has 0 aliphatic heterocycles. The van der Waals surface area contributed by atoms with Crippen LogP contribution in [0.1, 0.15) is 27.2 Å². The molecule has 4 N–H and O–H groups in total. The van der Waals surface area contributed by atoms with E-state index in [0.29, 0.717) is 0 Å². The number of nitrogens with one attached hydrogen (secondary N) is 3. The summed E-state index contributed by atoms with van der Waals surface area (Å²) in [5, 5.41) is 15.8. The first-order chi connectivity index (χ1) is 8.65. The van der Waals surface area contributed by atoms with Crippen LogP contribution < -0.4 is 16.0 Å². The Morgan fingerprint density at radius 3 is 2.32 bits per heavy atom. The predicted octanol–water partition coefficient (Wildman–Crippen LogP) is -0.323. The number of carboxylic acids is 1. The minimum absolute atomic E-state index is 0.128. The highest BCUT2D eigenvalue weighted by molar-refractivity contribution is 5.86. The van der Waals surface area contributed by atoms with E-state index in [4.69, 9.17) is 11.5 Å². The topological polar surface area (TPSA) is 108 Å². The molecule has 7 heteroatoms. The van der Waals surface area contributed by atoms with Crippen molar-refractivity contribution in [2.45, 2.75) is 38.8 Å². The van der Waals surface area contributed by atoms with Gasteiger partial charge in [-0.05, 0) is 20.8 Å². The maximum atomic E-state index is 11.4. The molecule has 106 valence electrons. The second-order valence-electron chi connectivity index (χ2n) is 4.92. The van der Waals surface area contributed by atoms with Crippen molar-refractivity contribution < 1.29 is 19.5 Å². The maximum Gasteiger partial charge on any atom is 0.327 e. The zero-order valence-electron chi connectivity index (χ0n) is 11.2. The van der Waals surface area contributed by atoms with Crippen LogP contribution in [0.5, 0.6) is 0 Å². The van der Waals surface area contributed by atoms with E-state index >= 15 is 0 Å². The van der Waals surface area contributed by atoms with Crippen LogP contribution in [-0.2, 0) is 9.59 Å². The van der Waals surface area contributed by atoms with Crippen LogP contribution in [0.4, 0.5) is 4.79 Å². The molecule has 7 nitrogen and oxygen atoms in total. The fourth-order valence-electron chi connectivity index (χ4n) is 1.15. The van der Waals surface area contributed by atoms with Gasteiger partial charge in [0.15, 0.2) is 0 Å². The molecular formula is C12H19N3O4. The normalized spacial score (nSPS) is 11.9. The predicted molar refractivity (Wildman–Crippen MR) is 69.3 cm³/mol. The van der Waals surface area contributed by atoms with Gasteiger partial charge in [0.1, 0.15) is 6.04 Å². The molecule has 0 aromatic heterocycles. The van der Waals surface area contributed by atoms with Crippen LogP contribution in [0, 0.1) is 12.3 Å². The van der Waals surface area contributed by atoms with Crippen molar-refractivity contribution in [3.05, 3.63) is 0 Å². The molecule has 0 saturated carbocycles. The van der Waals surface area contributed by atoms with Crippen molar-refractivity contribution in [3.63, 3.8) is 0 Å². The third-order valence-corrected chi connectivity index (χ3v) is 1.85. The molecule has 0 heterocycles. The van der Waals surface area contributed by atoms with Crippen LogP contribution in [0.25, 0.3) is 0 Å². The highest BCUT2D eigenvalue weighted by Crippen LogP contribution is 1.97. The number of carboxylic acid groups (broad SMARTS) is 1. The highest BCUT2D eigenvalue weighted by Gasteiger charge is 2.19. The SMILES string of the molecule is C#CCC(NC(=O)NCC(=O)NC(C)(C)C)C(=O)O. The van der Waals surface area contributed by atoms with Crippen molar-refractivity contribution in [2.75, 3.05) is 6.54 Å². The van der Waals surface area contributed by atoms with Crippen molar-refractivity contribution in [2.24, 2.45) is 0 Å². The van der Waals surface area contributed by atoms with Crippen molar-refractivity contribution in [3.8, 4) is 12.3 Å². The van der Waals surface area contributed by atoms with E-state index in [1.165, 1.54) is 0 Å². The second-order valence-corrected chi connectivity index (χ2v) is 4.92. The van der Waals surface area contributed by atoms with Crippen LogP contribution in [-0.4, -0.2) is 41.1 Å². The maximum absolute atomic E-state index is 11.4. The number of hydrogen-bond donors (Lipinski definition) is 4. The van der Waals surface area contributed by atoms with E-state index < -0.39 is 23.6 Å². The molecular weight excluding hydrogens is 250 g/mol. The lowest BCUT2D eigenvalue weighted by atomic mass is 10.1. The van der Waals surface area contributed by atoms with Gasteiger partial charge in [-0.3, -0.25) is 4.79 Å². The summed E-state index contributed by atoms with van der Waals surface area (Å²) in [7, 11) is 0. The summed E-state index contributed by atoms with van der Waals surface area (Å²) in [5.74, 6) is 0.549. The van der Waals surface area contributed by atoms with Crippen LogP contribution in [0.15, 0.2) is 0 Å². The summed E-state index contributed by atoms with van der Waals surface area (Å²) < 4.78 is 0. The summed E-state index contributed by atoms with van der Waals surface area (Å²) >= 11 is 0. The first-order valence-corrected chi connectivity index (χ1v) is 5.67. The van der Waals surface area contributed by atoms with Gasteiger partial charge in [-0.15, -0.1) is 12.3 Å². The molecule has 1 unspecified atom stereocenters. The lowest BCUT2D eigenvalue weighted by molar-refractivity contribution is -0.139. The van der Waals surface area contributed by atoms with Gasteiger partial charge < -0.3 is 21.1 Å². The monoisotopic (exact) mass is 269 g/mol. The minimum Gasteiger partial charge on any atom is -0.480 e. The average molecular weight is 269 g/mol. The Bertz CT molecular complexity index is 393. The smallest absolute Gasteiger partial charge is 0.327 e. The van der Waals surface area contributed by atoms with E-state index in [1.54, 1.807) is 20.8 Å². The largest absolute Gasteiger partial charge is 0.480 e. The molecule has 0 aliphatic carbocycles. The number of amides is 3. The fourth-order valence-corrected chi connectivity index (χ4v) is 1.15. The van der Waals surface area contributed by atoms with Gasteiger partial charge in [-0.2, -0.15) is 0 Å². The first-order valence-electron chi connectivity index (χ1n) is 5.67. The van der Waals surface area contributed by atoms with Gasteiger partial charge in [0, 0.05) is 12.0 Å². The number of rotatable bonds is 5. The van der Waals surface area contributed by atoms with Crippen molar-refractivity contribution in [1.29, 1.82) is 0 Å². The van der Waals surface area contributed by atoms with E-state index in [-0.39, 0.29) is 18.9 Å². The summed E-state index contributed by atoms with van der Waals surface area (Å²) in [5.41, 5.74) is -0.400. The Morgan fingerprint density at radius 2 is 1.89 bits per heavy atom. The molecule has 1 atom stereocenters. The summed E-state index contributed by atoms with van der Waals surface area (Å²) in [6.45, 7) is 5.17. The molecule has 0 fully saturated rings. The number of terminal acetylenes is 1. The summed E-state index contributed by atoms with van der Waals surface area (Å²) in [6.07, 6.45) is 4.86. The molecule has 3 amide bonds. The standard InChI is InChI=1S/C12H19N3O4/c1-5-6-8(10(17)18)14-11(19)13-7-9(16)15-12(2,3)4/h1,8H,6-7H2,2-4H3,(H,15,16)(H,17,18)(H2,13,14,19). The Labute approximate surface area is 112 Å². The molecule has 0 aromatic carbocycles. The van der Waals surface area contributed by atoms with Gasteiger partial charge in [0.2, 0.25) is 5.91 Å².